The van der Waals surface area contributed by atoms with Crippen LogP contribution in [0.2, 0.25) is 0 Å². The highest BCUT2D eigenvalue weighted by Crippen LogP contribution is 2.33. The number of pyridine rings is 1. The van der Waals surface area contributed by atoms with Crippen molar-refractivity contribution in [2.24, 2.45) is 0 Å². The summed E-state index contributed by atoms with van der Waals surface area (Å²) in [5.41, 5.74) is 1.69. The van der Waals surface area contributed by atoms with Crippen molar-refractivity contribution in [2.75, 3.05) is 0 Å². The monoisotopic (exact) mass is 267 g/mol. The molecule has 2 aromatic rings. The van der Waals surface area contributed by atoms with Gasteiger partial charge in [-0.05, 0) is 38.2 Å². The number of aromatic nitrogens is 1. The fourth-order valence-electron chi connectivity index (χ4n) is 1.74. The number of thiocarbonyl (C=S) groups is 1. The van der Waals surface area contributed by atoms with E-state index in [1.807, 2.05) is 0 Å². The number of nitrogens with zero attached hydrogens (tertiary/aromatic N) is 1. The van der Waals surface area contributed by atoms with Crippen LogP contribution >= 0.6 is 12.2 Å². The van der Waals surface area contributed by atoms with Gasteiger partial charge in [0, 0.05) is 18.2 Å². The fourth-order valence-corrected chi connectivity index (χ4v) is 1.82. The minimum atomic E-state index is -0.964. The highest BCUT2D eigenvalue weighted by atomic mass is 32.1. The molecule has 18 heavy (non-hydrogen) atoms. The van der Waals surface area contributed by atoms with Gasteiger partial charge in [0.15, 0.2) is 16.7 Å². The smallest absolute Gasteiger partial charge is 0.171 e. The molecule has 0 spiro atoms. The van der Waals surface area contributed by atoms with E-state index >= 15 is 0 Å². The van der Waals surface area contributed by atoms with E-state index in [1.54, 1.807) is 20.8 Å². The largest absolute Gasteiger partial charge is 0.449 e. The summed E-state index contributed by atoms with van der Waals surface area (Å²) >= 11 is 4.86. The van der Waals surface area contributed by atoms with Gasteiger partial charge < -0.3 is 4.74 Å². The lowest BCUT2D eigenvalue weighted by Gasteiger charge is -2.13. The molecule has 0 fully saturated rings. The van der Waals surface area contributed by atoms with Crippen LogP contribution in [-0.2, 0) is 0 Å². The van der Waals surface area contributed by atoms with Crippen molar-refractivity contribution in [2.45, 2.75) is 20.8 Å². The maximum absolute atomic E-state index is 13.9. The average molecular weight is 267 g/mol. The van der Waals surface area contributed by atoms with Gasteiger partial charge in [0.1, 0.15) is 5.75 Å². The molecule has 94 valence electrons. The van der Waals surface area contributed by atoms with E-state index < -0.39 is 11.6 Å². The van der Waals surface area contributed by atoms with Gasteiger partial charge in [-0.25, -0.2) is 8.78 Å². The first kappa shape index (κ1) is 12.8. The van der Waals surface area contributed by atoms with Gasteiger partial charge in [-0.2, -0.15) is 0 Å². The number of hydrogen-bond donors (Lipinski definition) is 0. The number of benzene rings is 1. The molecule has 0 amide bonds. The predicted octanol–water partition coefficient (Wildman–Crippen LogP) is 3.86. The Balaban J connectivity index is 2.89. The van der Waals surface area contributed by atoms with Crippen LogP contribution in [0.15, 0.2) is 12.1 Å². The van der Waals surface area contributed by atoms with Crippen molar-refractivity contribution < 1.29 is 13.5 Å². The summed E-state index contributed by atoms with van der Waals surface area (Å²) in [6.45, 7) is 5.09. The third kappa shape index (κ3) is 2.06. The topological polar surface area (TPSA) is 22.1 Å². The Morgan fingerprint density at radius 1 is 1.28 bits per heavy atom. The molecule has 0 saturated heterocycles. The number of hydrogen-bond acceptors (Lipinski definition) is 3. The Morgan fingerprint density at radius 3 is 2.56 bits per heavy atom. The molecule has 0 saturated carbocycles. The van der Waals surface area contributed by atoms with Crippen LogP contribution in [0.5, 0.6) is 5.75 Å². The van der Waals surface area contributed by atoms with E-state index in [2.05, 4.69) is 4.98 Å². The molecule has 0 unspecified atom stereocenters. The number of fused-ring (bicyclic) bond motifs is 1. The fraction of sp³-hybridized carbons (Fsp3) is 0.231. The van der Waals surface area contributed by atoms with E-state index in [1.165, 1.54) is 6.07 Å². The van der Waals surface area contributed by atoms with E-state index in [0.717, 1.165) is 6.07 Å². The predicted molar refractivity (Wildman–Crippen MR) is 70.0 cm³/mol. The summed E-state index contributed by atoms with van der Waals surface area (Å²) in [5, 5.41) is 0.274. The van der Waals surface area contributed by atoms with Crippen molar-refractivity contribution in [3.8, 4) is 5.75 Å². The standard InChI is InChI=1S/C13H11F2NOS/c1-6-7(2)16-10-5-4-9(14)12(15)11(10)13(6)17-8(3)18/h4-5H,1-3H3. The molecule has 5 heteroatoms. The van der Waals surface area contributed by atoms with Crippen LogP contribution in [0.3, 0.4) is 0 Å². The van der Waals surface area contributed by atoms with Crippen molar-refractivity contribution >= 4 is 28.2 Å². The molecular formula is C13H11F2NOS. The summed E-state index contributed by atoms with van der Waals surface area (Å²) in [5.74, 6) is -1.66. The normalized spacial score (nSPS) is 10.7. The van der Waals surface area contributed by atoms with E-state index in [-0.39, 0.29) is 16.2 Å². The highest BCUT2D eigenvalue weighted by Gasteiger charge is 2.18. The van der Waals surface area contributed by atoms with E-state index in [0.29, 0.717) is 16.8 Å². The molecule has 0 aliphatic carbocycles. The summed E-state index contributed by atoms with van der Waals surface area (Å²) in [6.07, 6.45) is 0. The highest BCUT2D eigenvalue weighted by molar-refractivity contribution is 7.80. The SMILES string of the molecule is CC(=S)Oc1c(C)c(C)nc2ccc(F)c(F)c12. The molecule has 1 aromatic carbocycles. The third-order valence-corrected chi connectivity index (χ3v) is 2.80. The Labute approximate surface area is 109 Å². The summed E-state index contributed by atoms with van der Waals surface area (Å²) in [6, 6.07) is 2.47. The van der Waals surface area contributed by atoms with Crippen molar-refractivity contribution in [1.82, 2.24) is 4.98 Å². The quantitative estimate of drug-likeness (QED) is 0.732. The molecule has 1 heterocycles. The van der Waals surface area contributed by atoms with Crippen LogP contribution < -0.4 is 4.74 Å². The lowest BCUT2D eigenvalue weighted by molar-refractivity contribution is 0.508. The Kier molecular flexibility index (Phi) is 3.26. The number of rotatable bonds is 1. The molecule has 0 radical (unpaired) electrons. The van der Waals surface area contributed by atoms with Gasteiger partial charge in [-0.15, -0.1) is 0 Å². The lowest BCUT2D eigenvalue weighted by atomic mass is 10.1. The number of ether oxygens (including phenoxy) is 1. The van der Waals surface area contributed by atoms with Crippen molar-refractivity contribution in [3.05, 3.63) is 35.0 Å². The summed E-state index contributed by atoms with van der Waals surface area (Å²) in [4.78, 5) is 4.22. The van der Waals surface area contributed by atoms with Crippen molar-refractivity contribution in [1.29, 1.82) is 0 Å². The van der Waals surface area contributed by atoms with Crippen LogP contribution in [0, 0.1) is 25.5 Å². The van der Waals surface area contributed by atoms with E-state index in [9.17, 15) is 8.78 Å². The molecule has 0 N–H and O–H groups in total. The maximum atomic E-state index is 13.9. The zero-order chi connectivity index (χ0) is 13.4. The molecular weight excluding hydrogens is 256 g/mol. The molecule has 0 bridgehead atoms. The van der Waals surface area contributed by atoms with Crippen LogP contribution in [0.4, 0.5) is 8.78 Å². The number of aryl methyl sites for hydroxylation is 1. The maximum Gasteiger partial charge on any atom is 0.171 e. The molecule has 0 atom stereocenters. The van der Waals surface area contributed by atoms with Gasteiger partial charge in [-0.1, -0.05) is 0 Å². The first-order valence-corrected chi connectivity index (χ1v) is 5.76. The van der Waals surface area contributed by atoms with Gasteiger partial charge in [0.05, 0.1) is 10.9 Å². The second-order valence-electron chi connectivity index (χ2n) is 4.00. The summed E-state index contributed by atoms with van der Waals surface area (Å²) in [7, 11) is 0. The summed E-state index contributed by atoms with van der Waals surface area (Å²) < 4.78 is 32.5. The number of halogens is 2. The second-order valence-corrected chi connectivity index (χ2v) is 4.58. The van der Waals surface area contributed by atoms with Crippen LogP contribution in [-0.4, -0.2) is 10.0 Å². The first-order valence-electron chi connectivity index (χ1n) is 5.35. The molecule has 1 aromatic heterocycles. The van der Waals surface area contributed by atoms with Gasteiger partial charge in [0.25, 0.3) is 0 Å². The average Bonchev–Trinajstić information content (AvgIpc) is 2.29. The molecule has 2 nitrogen and oxygen atoms in total. The molecule has 0 aliphatic heterocycles. The Morgan fingerprint density at radius 2 is 1.94 bits per heavy atom. The Bertz CT molecular complexity index is 655. The van der Waals surface area contributed by atoms with E-state index in [4.69, 9.17) is 17.0 Å². The van der Waals surface area contributed by atoms with Crippen LogP contribution in [0.25, 0.3) is 10.9 Å². The molecule has 0 aliphatic rings. The first-order chi connectivity index (χ1) is 8.41. The van der Waals surface area contributed by atoms with Gasteiger partial charge >= 0.3 is 0 Å². The minimum Gasteiger partial charge on any atom is -0.449 e. The zero-order valence-electron chi connectivity index (χ0n) is 10.2. The lowest BCUT2D eigenvalue weighted by Crippen LogP contribution is -2.05. The molecule has 2 rings (SSSR count). The third-order valence-electron chi connectivity index (χ3n) is 2.72. The second kappa shape index (κ2) is 4.57. The van der Waals surface area contributed by atoms with Crippen LogP contribution in [0.1, 0.15) is 18.2 Å². The van der Waals surface area contributed by atoms with Gasteiger partial charge in [0.2, 0.25) is 0 Å². The Hall–Kier alpha value is -1.62. The minimum absolute atomic E-state index is 0.0299. The van der Waals surface area contributed by atoms with Gasteiger partial charge in [-0.3, -0.25) is 4.98 Å². The van der Waals surface area contributed by atoms with Crippen molar-refractivity contribution in [3.63, 3.8) is 0 Å². The zero-order valence-corrected chi connectivity index (χ0v) is 11.0.